The van der Waals surface area contributed by atoms with Gasteiger partial charge in [0.2, 0.25) is 5.91 Å². The molecule has 0 spiro atoms. The molecule has 0 bridgehead atoms. The van der Waals surface area contributed by atoms with Crippen LogP contribution in [0.5, 0.6) is 5.75 Å². The Morgan fingerprint density at radius 2 is 2.12 bits per heavy atom. The molecule has 0 saturated heterocycles. The van der Waals surface area contributed by atoms with Crippen molar-refractivity contribution in [3.8, 4) is 5.75 Å². The van der Waals surface area contributed by atoms with Gasteiger partial charge in [0.15, 0.2) is 0 Å². The summed E-state index contributed by atoms with van der Waals surface area (Å²) in [5.74, 6) is 0.00890. The molecule has 3 aromatic rings. The van der Waals surface area contributed by atoms with Crippen LogP contribution in [0.2, 0.25) is 0 Å². The third kappa shape index (κ3) is 3.66. The molecule has 2 amide bonds. The minimum Gasteiger partial charge on any atom is -0.487 e. The molecule has 3 N–H and O–H groups in total. The fourth-order valence-electron chi connectivity index (χ4n) is 2.55. The summed E-state index contributed by atoms with van der Waals surface area (Å²) in [6.45, 7) is 3.53. The molecule has 2 heterocycles. The number of rotatable bonds is 6. The molecule has 1 unspecified atom stereocenters. The van der Waals surface area contributed by atoms with Crippen LogP contribution in [0, 0.1) is 6.92 Å². The van der Waals surface area contributed by atoms with Crippen LogP contribution in [0.15, 0.2) is 47.0 Å². The first-order valence-corrected chi connectivity index (χ1v) is 8.11. The lowest BCUT2D eigenvalue weighted by Gasteiger charge is -2.10. The number of carbonyl (C=O) groups excluding carboxylic acids is 2. The van der Waals surface area contributed by atoms with E-state index in [1.165, 1.54) is 6.92 Å². The zero-order valence-electron chi connectivity index (χ0n) is 14.5. The third-order valence-corrected chi connectivity index (χ3v) is 3.95. The van der Waals surface area contributed by atoms with Crippen LogP contribution in [-0.4, -0.2) is 22.8 Å². The van der Waals surface area contributed by atoms with Crippen LogP contribution in [0.4, 0.5) is 0 Å². The maximum Gasteiger partial charge on any atom is 0.256 e. The smallest absolute Gasteiger partial charge is 0.256 e. The molecule has 0 aliphatic rings. The van der Waals surface area contributed by atoms with Crippen molar-refractivity contribution >= 4 is 22.8 Å². The summed E-state index contributed by atoms with van der Waals surface area (Å²) in [4.78, 5) is 27.9. The number of benzene rings is 1. The van der Waals surface area contributed by atoms with Crippen molar-refractivity contribution in [1.29, 1.82) is 0 Å². The number of ether oxygens (including phenoxy) is 1. The zero-order chi connectivity index (χ0) is 18.7. The highest BCUT2D eigenvalue weighted by atomic mass is 16.5. The van der Waals surface area contributed by atoms with Gasteiger partial charge >= 0.3 is 0 Å². The highest BCUT2D eigenvalue weighted by Crippen LogP contribution is 2.29. The van der Waals surface area contributed by atoms with E-state index < -0.39 is 17.9 Å². The first kappa shape index (κ1) is 17.5. The van der Waals surface area contributed by atoms with Gasteiger partial charge in [0.1, 0.15) is 29.7 Å². The third-order valence-electron chi connectivity index (χ3n) is 3.95. The lowest BCUT2D eigenvalue weighted by Crippen LogP contribution is -2.42. The SMILES string of the molecule is Cc1oc2ccc(OCc3ccccn3)cc2c1C(=O)NC(C)C(N)=O. The van der Waals surface area contributed by atoms with E-state index in [0.717, 1.165) is 5.69 Å². The number of amides is 2. The molecular weight excluding hydrogens is 334 g/mol. The van der Waals surface area contributed by atoms with Crippen molar-refractivity contribution in [2.45, 2.75) is 26.5 Å². The molecule has 0 fully saturated rings. The van der Waals surface area contributed by atoms with E-state index in [-0.39, 0.29) is 0 Å². The number of nitrogens with one attached hydrogen (secondary N) is 1. The standard InChI is InChI=1S/C19H19N3O4/c1-11(18(20)23)22-19(24)17-12(2)26-16-7-6-14(9-15(16)17)25-10-13-5-3-4-8-21-13/h3-9,11H,10H2,1-2H3,(H2,20,23)(H,22,24). The van der Waals surface area contributed by atoms with Gasteiger partial charge in [-0.3, -0.25) is 14.6 Å². The lowest BCUT2D eigenvalue weighted by atomic mass is 10.1. The molecule has 7 heteroatoms. The van der Waals surface area contributed by atoms with Gasteiger partial charge in [-0.1, -0.05) is 6.07 Å². The van der Waals surface area contributed by atoms with Crippen LogP contribution in [-0.2, 0) is 11.4 Å². The Morgan fingerprint density at radius 3 is 2.81 bits per heavy atom. The average molecular weight is 353 g/mol. The number of carbonyl (C=O) groups is 2. The van der Waals surface area contributed by atoms with Crippen LogP contribution < -0.4 is 15.8 Å². The Hall–Kier alpha value is -3.35. The predicted molar refractivity (Wildman–Crippen MR) is 95.6 cm³/mol. The normalized spacial score (nSPS) is 11.9. The topological polar surface area (TPSA) is 107 Å². The van der Waals surface area contributed by atoms with Crippen LogP contribution in [0.3, 0.4) is 0 Å². The van der Waals surface area contributed by atoms with Gasteiger partial charge in [-0.15, -0.1) is 0 Å². The average Bonchev–Trinajstić information content (AvgIpc) is 2.95. The number of primary amides is 1. The van der Waals surface area contributed by atoms with Gasteiger partial charge in [0.05, 0.1) is 11.3 Å². The van der Waals surface area contributed by atoms with Crippen LogP contribution >= 0.6 is 0 Å². The maximum absolute atomic E-state index is 12.5. The summed E-state index contributed by atoms with van der Waals surface area (Å²) < 4.78 is 11.4. The number of furan rings is 1. The van der Waals surface area contributed by atoms with E-state index in [9.17, 15) is 9.59 Å². The van der Waals surface area contributed by atoms with E-state index in [2.05, 4.69) is 10.3 Å². The minimum atomic E-state index is -0.782. The summed E-state index contributed by atoms with van der Waals surface area (Å²) in [5, 5.41) is 3.17. The molecule has 1 atom stereocenters. The van der Waals surface area contributed by atoms with Gasteiger partial charge in [-0.2, -0.15) is 0 Å². The largest absolute Gasteiger partial charge is 0.487 e. The highest BCUT2D eigenvalue weighted by molar-refractivity contribution is 6.08. The molecule has 134 valence electrons. The van der Waals surface area contributed by atoms with Crippen molar-refractivity contribution in [1.82, 2.24) is 10.3 Å². The second-order valence-electron chi connectivity index (χ2n) is 5.90. The van der Waals surface area contributed by atoms with Gasteiger partial charge in [-0.05, 0) is 44.2 Å². The van der Waals surface area contributed by atoms with E-state index >= 15 is 0 Å². The fourth-order valence-corrected chi connectivity index (χ4v) is 2.55. The second-order valence-corrected chi connectivity index (χ2v) is 5.90. The summed E-state index contributed by atoms with van der Waals surface area (Å²) in [6.07, 6.45) is 1.70. The zero-order valence-corrected chi connectivity index (χ0v) is 14.5. The van der Waals surface area contributed by atoms with Crippen molar-refractivity contribution in [2.75, 3.05) is 0 Å². The van der Waals surface area contributed by atoms with Crippen LogP contribution in [0.25, 0.3) is 11.0 Å². The monoisotopic (exact) mass is 353 g/mol. The number of fused-ring (bicyclic) bond motifs is 1. The minimum absolute atomic E-state index is 0.309. The van der Waals surface area contributed by atoms with E-state index in [0.29, 0.717) is 34.6 Å². The van der Waals surface area contributed by atoms with Crippen molar-refractivity contribution in [3.05, 3.63) is 59.6 Å². The Morgan fingerprint density at radius 1 is 1.31 bits per heavy atom. The van der Waals surface area contributed by atoms with Gasteiger partial charge < -0.3 is 20.2 Å². The number of pyridine rings is 1. The predicted octanol–water partition coefficient (Wildman–Crippen LogP) is 2.32. The molecule has 3 rings (SSSR count). The first-order chi connectivity index (χ1) is 12.5. The molecule has 0 radical (unpaired) electrons. The van der Waals surface area contributed by atoms with Crippen molar-refractivity contribution in [2.24, 2.45) is 5.73 Å². The number of nitrogens with two attached hydrogens (primary N) is 1. The quantitative estimate of drug-likeness (QED) is 0.707. The summed E-state index contributed by atoms with van der Waals surface area (Å²) in [7, 11) is 0. The number of aryl methyl sites for hydroxylation is 1. The number of hydrogen-bond donors (Lipinski definition) is 2. The van der Waals surface area contributed by atoms with Crippen LogP contribution in [0.1, 0.15) is 28.7 Å². The number of nitrogens with zero attached hydrogens (tertiary/aromatic N) is 1. The second kappa shape index (κ2) is 7.26. The molecule has 2 aromatic heterocycles. The van der Waals surface area contributed by atoms with E-state index in [1.54, 1.807) is 31.3 Å². The molecule has 7 nitrogen and oxygen atoms in total. The van der Waals surface area contributed by atoms with Gasteiger partial charge in [0.25, 0.3) is 5.91 Å². The lowest BCUT2D eigenvalue weighted by molar-refractivity contribution is -0.119. The Kier molecular flexibility index (Phi) is 4.88. The van der Waals surface area contributed by atoms with Gasteiger partial charge in [0, 0.05) is 11.6 Å². The Labute approximate surface area is 150 Å². The maximum atomic E-state index is 12.5. The summed E-state index contributed by atoms with van der Waals surface area (Å²) in [6, 6.07) is 10.0. The number of hydrogen-bond acceptors (Lipinski definition) is 5. The first-order valence-electron chi connectivity index (χ1n) is 8.11. The fraction of sp³-hybridized carbons (Fsp3) is 0.211. The van der Waals surface area contributed by atoms with Crippen molar-refractivity contribution in [3.63, 3.8) is 0 Å². The van der Waals surface area contributed by atoms with E-state index in [4.69, 9.17) is 14.9 Å². The molecule has 0 saturated carbocycles. The summed E-state index contributed by atoms with van der Waals surface area (Å²) in [5.41, 5.74) is 6.92. The molecular formula is C19H19N3O4. The molecule has 0 aliphatic heterocycles. The molecule has 26 heavy (non-hydrogen) atoms. The molecule has 0 aliphatic carbocycles. The van der Waals surface area contributed by atoms with Crippen molar-refractivity contribution < 1.29 is 18.7 Å². The summed E-state index contributed by atoms with van der Waals surface area (Å²) >= 11 is 0. The van der Waals surface area contributed by atoms with Gasteiger partial charge in [-0.25, -0.2) is 0 Å². The van der Waals surface area contributed by atoms with E-state index in [1.807, 2.05) is 18.2 Å². The number of aromatic nitrogens is 1. The Balaban J connectivity index is 1.86. The Bertz CT molecular complexity index is 950. The highest BCUT2D eigenvalue weighted by Gasteiger charge is 2.21. The molecule has 1 aromatic carbocycles.